The number of amides is 2. The Balaban J connectivity index is 1.43. The normalized spacial score (nSPS) is 19.4. The van der Waals surface area contributed by atoms with Crippen molar-refractivity contribution < 1.29 is 22.4 Å². The van der Waals surface area contributed by atoms with Gasteiger partial charge in [-0.3, -0.25) is 9.59 Å². The zero-order valence-corrected chi connectivity index (χ0v) is 19.8. The molecule has 0 unspecified atom stereocenters. The zero-order valence-electron chi connectivity index (χ0n) is 19.0. The van der Waals surface area contributed by atoms with Crippen LogP contribution in [0.25, 0.3) is 0 Å². The second-order valence-electron chi connectivity index (χ2n) is 8.86. The van der Waals surface area contributed by atoms with E-state index in [0.29, 0.717) is 30.5 Å². The van der Waals surface area contributed by atoms with Crippen molar-refractivity contribution in [2.75, 3.05) is 23.3 Å². The predicted octanol–water partition coefficient (Wildman–Crippen LogP) is 3.47. The Bertz CT molecular complexity index is 1210. The van der Waals surface area contributed by atoms with Gasteiger partial charge in [-0.15, -0.1) is 0 Å². The van der Waals surface area contributed by atoms with E-state index in [4.69, 9.17) is 0 Å². The molecule has 1 atom stereocenters. The van der Waals surface area contributed by atoms with Gasteiger partial charge in [0, 0.05) is 43.3 Å². The maximum absolute atomic E-state index is 13.3. The van der Waals surface area contributed by atoms with Crippen LogP contribution < -0.4 is 10.2 Å². The number of nitrogens with zero attached hydrogens (tertiary/aromatic N) is 2. The molecule has 0 radical (unpaired) electrons. The van der Waals surface area contributed by atoms with Crippen LogP contribution in [0.5, 0.6) is 0 Å². The number of fused-ring (bicyclic) bond motifs is 1. The monoisotopic (exact) mass is 473 g/mol. The molecule has 0 aliphatic carbocycles. The van der Waals surface area contributed by atoms with E-state index < -0.39 is 10.0 Å². The van der Waals surface area contributed by atoms with Gasteiger partial charge in [-0.05, 0) is 80.6 Å². The first-order chi connectivity index (χ1) is 15.6. The number of carbonyl (C=O) groups excluding carboxylic acids is 2. The summed E-state index contributed by atoms with van der Waals surface area (Å²) in [4.78, 5) is 26.5. The number of carbonyl (C=O) groups is 2. The van der Waals surface area contributed by atoms with Crippen LogP contribution in [0.2, 0.25) is 0 Å². The van der Waals surface area contributed by atoms with Gasteiger partial charge in [-0.2, -0.15) is 4.31 Å². The summed E-state index contributed by atoms with van der Waals surface area (Å²) in [7, 11) is -3.70. The SMILES string of the molecule is CC(=O)N1c2ccc(S(=O)(=O)N3CCC(C(=O)Nc4ccc(F)cc4C)CC3)cc2C[C@H]1C. The van der Waals surface area contributed by atoms with E-state index >= 15 is 0 Å². The highest BCUT2D eigenvalue weighted by atomic mass is 32.2. The number of anilines is 2. The number of nitrogens with one attached hydrogen (secondary N) is 1. The van der Waals surface area contributed by atoms with Crippen molar-refractivity contribution in [3.8, 4) is 0 Å². The molecular formula is C24H28FN3O4S. The fraction of sp³-hybridized carbons (Fsp3) is 0.417. The highest BCUT2D eigenvalue weighted by Gasteiger charge is 2.34. The summed E-state index contributed by atoms with van der Waals surface area (Å²) in [6.07, 6.45) is 1.43. The molecule has 0 spiro atoms. The van der Waals surface area contributed by atoms with Crippen LogP contribution in [0.4, 0.5) is 15.8 Å². The highest BCUT2D eigenvalue weighted by molar-refractivity contribution is 7.89. The molecular weight excluding hydrogens is 445 g/mol. The van der Waals surface area contributed by atoms with Gasteiger partial charge in [0.05, 0.1) is 4.90 Å². The summed E-state index contributed by atoms with van der Waals surface area (Å²) in [5.41, 5.74) is 2.81. The molecule has 176 valence electrons. The lowest BCUT2D eigenvalue weighted by molar-refractivity contribution is -0.121. The molecule has 1 saturated heterocycles. The minimum Gasteiger partial charge on any atom is -0.326 e. The number of hydrogen-bond donors (Lipinski definition) is 1. The quantitative estimate of drug-likeness (QED) is 0.737. The minimum absolute atomic E-state index is 0.00513. The maximum Gasteiger partial charge on any atom is 0.243 e. The lowest BCUT2D eigenvalue weighted by atomic mass is 9.97. The average Bonchev–Trinajstić information content (AvgIpc) is 3.10. The first kappa shape index (κ1) is 23.4. The Hall–Kier alpha value is -2.78. The Kier molecular flexibility index (Phi) is 6.28. The highest BCUT2D eigenvalue weighted by Crippen LogP contribution is 2.35. The molecule has 33 heavy (non-hydrogen) atoms. The van der Waals surface area contributed by atoms with Crippen LogP contribution in [0, 0.1) is 18.7 Å². The van der Waals surface area contributed by atoms with E-state index in [0.717, 1.165) is 11.3 Å². The fourth-order valence-electron chi connectivity index (χ4n) is 4.76. The molecule has 2 aliphatic rings. The van der Waals surface area contributed by atoms with Gasteiger partial charge in [0.25, 0.3) is 0 Å². The summed E-state index contributed by atoms with van der Waals surface area (Å²) in [5.74, 6) is -0.921. The average molecular weight is 474 g/mol. The molecule has 2 aromatic rings. The van der Waals surface area contributed by atoms with Gasteiger partial charge >= 0.3 is 0 Å². The van der Waals surface area contributed by atoms with Crippen LogP contribution >= 0.6 is 0 Å². The second-order valence-corrected chi connectivity index (χ2v) is 10.8. The first-order valence-corrected chi connectivity index (χ1v) is 12.5. The third kappa shape index (κ3) is 4.52. The Morgan fingerprint density at radius 2 is 1.79 bits per heavy atom. The molecule has 2 heterocycles. The third-order valence-corrected chi connectivity index (χ3v) is 8.41. The number of hydrogen-bond acceptors (Lipinski definition) is 4. The zero-order chi connectivity index (χ0) is 23.9. The summed E-state index contributed by atoms with van der Waals surface area (Å²) in [6, 6.07) is 9.11. The van der Waals surface area contributed by atoms with Crippen molar-refractivity contribution in [3.63, 3.8) is 0 Å². The van der Waals surface area contributed by atoms with Crippen LogP contribution in [-0.4, -0.2) is 43.7 Å². The lowest BCUT2D eigenvalue weighted by Crippen LogP contribution is -2.41. The molecule has 1 N–H and O–H groups in total. The molecule has 0 bridgehead atoms. The molecule has 0 saturated carbocycles. The number of piperidine rings is 1. The lowest BCUT2D eigenvalue weighted by Gasteiger charge is -2.30. The van der Waals surface area contributed by atoms with Crippen molar-refractivity contribution in [2.24, 2.45) is 5.92 Å². The molecule has 2 aliphatic heterocycles. The van der Waals surface area contributed by atoms with Crippen LogP contribution in [0.3, 0.4) is 0 Å². The maximum atomic E-state index is 13.3. The van der Waals surface area contributed by atoms with Gasteiger partial charge < -0.3 is 10.2 Å². The summed E-state index contributed by atoms with van der Waals surface area (Å²) in [6.45, 7) is 5.67. The number of aryl methyl sites for hydroxylation is 1. The van der Waals surface area contributed by atoms with E-state index in [9.17, 15) is 22.4 Å². The van der Waals surface area contributed by atoms with Crippen LogP contribution in [-0.2, 0) is 26.0 Å². The number of benzene rings is 2. The first-order valence-electron chi connectivity index (χ1n) is 11.1. The smallest absolute Gasteiger partial charge is 0.243 e. The van der Waals surface area contributed by atoms with Gasteiger partial charge in [0.15, 0.2) is 0 Å². The van der Waals surface area contributed by atoms with E-state index in [-0.39, 0.29) is 47.6 Å². The van der Waals surface area contributed by atoms with Crippen molar-refractivity contribution in [3.05, 3.63) is 53.3 Å². The largest absolute Gasteiger partial charge is 0.326 e. The van der Waals surface area contributed by atoms with E-state index in [1.807, 2.05) is 6.92 Å². The van der Waals surface area contributed by atoms with Gasteiger partial charge in [0.1, 0.15) is 5.82 Å². The van der Waals surface area contributed by atoms with Gasteiger partial charge in [-0.1, -0.05) is 0 Å². The standard InChI is InChI=1S/C24H28FN3O4S/c1-15-12-20(25)4-6-22(15)26-24(30)18-8-10-27(11-9-18)33(31,32)21-5-7-23-19(14-21)13-16(2)28(23)17(3)29/h4-7,12,14,16,18H,8-11,13H2,1-3H3,(H,26,30)/t16-/m1/s1. The molecule has 4 rings (SSSR count). The Morgan fingerprint density at radius 1 is 1.09 bits per heavy atom. The van der Waals surface area contributed by atoms with Gasteiger partial charge in [0.2, 0.25) is 21.8 Å². The summed E-state index contributed by atoms with van der Waals surface area (Å²) < 4.78 is 41.2. The second kappa shape index (κ2) is 8.87. The van der Waals surface area contributed by atoms with E-state index in [1.54, 1.807) is 30.0 Å². The topological polar surface area (TPSA) is 86.8 Å². The van der Waals surface area contributed by atoms with Crippen LogP contribution in [0.1, 0.15) is 37.8 Å². The molecule has 1 fully saturated rings. The van der Waals surface area contributed by atoms with E-state index in [2.05, 4.69) is 5.32 Å². The predicted molar refractivity (Wildman–Crippen MR) is 124 cm³/mol. The van der Waals surface area contributed by atoms with E-state index in [1.165, 1.54) is 29.4 Å². The summed E-state index contributed by atoms with van der Waals surface area (Å²) in [5, 5.41) is 2.83. The summed E-state index contributed by atoms with van der Waals surface area (Å²) >= 11 is 0. The Morgan fingerprint density at radius 3 is 2.42 bits per heavy atom. The fourth-order valence-corrected chi connectivity index (χ4v) is 6.28. The minimum atomic E-state index is -3.70. The molecule has 7 nitrogen and oxygen atoms in total. The van der Waals surface area contributed by atoms with Crippen molar-refractivity contribution in [1.29, 1.82) is 0 Å². The molecule has 9 heteroatoms. The third-order valence-electron chi connectivity index (χ3n) is 6.51. The van der Waals surface area contributed by atoms with Crippen molar-refractivity contribution in [2.45, 2.75) is 51.0 Å². The number of rotatable bonds is 4. The van der Waals surface area contributed by atoms with Crippen LogP contribution in [0.15, 0.2) is 41.3 Å². The molecule has 2 aromatic carbocycles. The van der Waals surface area contributed by atoms with Crippen molar-refractivity contribution in [1.82, 2.24) is 4.31 Å². The Labute approximate surface area is 193 Å². The molecule has 2 amide bonds. The number of sulfonamides is 1. The molecule has 0 aromatic heterocycles. The van der Waals surface area contributed by atoms with Crippen molar-refractivity contribution >= 4 is 33.2 Å². The van der Waals surface area contributed by atoms with Gasteiger partial charge in [-0.25, -0.2) is 12.8 Å². The number of halogens is 1.